The van der Waals surface area contributed by atoms with E-state index in [9.17, 15) is 4.79 Å². The number of para-hydroxylation sites is 1. The van der Waals surface area contributed by atoms with Crippen molar-refractivity contribution >= 4 is 17.5 Å². The minimum absolute atomic E-state index is 0.0510. The number of ether oxygens (including phenoxy) is 1. The Morgan fingerprint density at radius 3 is 2.85 bits per heavy atom. The standard InChI is InChI=1S/C15H21ClN2O2/c16-12-4-1-2-5-14(12)20-9-3-6-15(19)18-13(10-17)11-7-8-11/h1-2,4-5,11,13H,3,6-10,17H2,(H,18,19). The Balaban J connectivity index is 1.63. The molecule has 4 nitrogen and oxygen atoms in total. The molecule has 0 aromatic heterocycles. The maximum absolute atomic E-state index is 11.8. The Morgan fingerprint density at radius 2 is 2.20 bits per heavy atom. The third kappa shape index (κ3) is 4.69. The van der Waals surface area contributed by atoms with Crippen molar-refractivity contribution < 1.29 is 9.53 Å². The topological polar surface area (TPSA) is 64.3 Å². The Kier molecular flexibility index (Phi) is 5.68. The molecule has 1 atom stereocenters. The predicted octanol–water partition coefficient (Wildman–Crippen LogP) is 2.35. The molecule has 1 fully saturated rings. The van der Waals surface area contributed by atoms with Crippen molar-refractivity contribution in [3.8, 4) is 5.75 Å². The van der Waals surface area contributed by atoms with Gasteiger partial charge in [-0.2, -0.15) is 0 Å². The van der Waals surface area contributed by atoms with Crippen LogP contribution in [0.5, 0.6) is 5.75 Å². The second-order valence-corrected chi connectivity index (χ2v) is 5.54. The van der Waals surface area contributed by atoms with E-state index in [2.05, 4.69) is 5.32 Å². The van der Waals surface area contributed by atoms with Gasteiger partial charge in [0.25, 0.3) is 0 Å². The van der Waals surface area contributed by atoms with Crippen LogP contribution in [0.2, 0.25) is 5.02 Å². The van der Waals surface area contributed by atoms with Crippen molar-refractivity contribution in [2.75, 3.05) is 13.2 Å². The number of amides is 1. The number of nitrogens with one attached hydrogen (secondary N) is 1. The highest BCUT2D eigenvalue weighted by atomic mass is 35.5. The zero-order chi connectivity index (χ0) is 14.4. The van der Waals surface area contributed by atoms with Crippen LogP contribution >= 0.6 is 11.6 Å². The summed E-state index contributed by atoms with van der Waals surface area (Å²) in [4.78, 5) is 11.8. The van der Waals surface area contributed by atoms with E-state index >= 15 is 0 Å². The van der Waals surface area contributed by atoms with Crippen LogP contribution in [-0.4, -0.2) is 25.1 Å². The van der Waals surface area contributed by atoms with Crippen molar-refractivity contribution in [2.24, 2.45) is 11.7 Å². The molecule has 1 aliphatic rings. The Morgan fingerprint density at radius 1 is 1.45 bits per heavy atom. The van der Waals surface area contributed by atoms with E-state index in [0.29, 0.717) is 42.7 Å². The van der Waals surface area contributed by atoms with Crippen molar-refractivity contribution in [2.45, 2.75) is 31.7 Å². The predicted molar refractivity (Wildman–Crippen MR) is 79.9 cm³/mol. The van der Waals surface area contributed by atoms with Gasteiger partial charge in [0.05, 0.1) is 11.6 Å². The fourth-order valence-electron chi connectivity index (χ4n) is 2.12. The lowest BCUT2D eigenvalue weighted by atomic mass is 10.2. The molecule has 1 aliphatic carbocycles. The molecule has 0 saturated heterocycles. The molecule has 1 aromatic carbocycles. The summed E-state index contributed by atoms with van der Waals surface area (Å²) in [6.07, 6.45) is 3.47. The SMILES string of the molecule is NCC(NC(=O)CCCOc1ccccc1Cl)C1CC1. The molecule has 0 spiro atoms. The number of benzene rings is 1. The summed E-state index contributed by atoms with van der Waals surface area (Å²) >= 11 is 5.98. The average Bonchev–Trinajstić information content (AvgIpc) is 3.27. The first kappa shape index (κ1) is 15.1. The third-order valence-electron chi connectivity index (χ3n) is 3.43. The summed E-state index contributed by atoms with van der Waals surface area (Å²) < 4.78 is 5.54. The lowest BCUT2D eigenvalue weighted by Gasteiger charge is -2.16. The van der Waals surface area contributed by atoms with Crippen LogP contribution in [0, 0.1) is 5.92 Å². The molecule has 20 heavy (non-hydrogen) atoms. The van der Waals surface area contributed by atoms with E-state index < -0.39 is 0 Å². The normalized spacial score (nSPS) is 15.7. The highest BCUT2D eigenvalue weighted by Crippen LogP contribution is 2.32. The van der Waals surface area contributed by atoms with Gasteiger partial charge in [0.2, 0.25) is 5.91 Å². The summed E-state index contributed by atoms with van der Waals surface area (Å²) in [5, 5.41) is 3.58. The Bertz CT molecular complexity index is 449. The highest BCUT2D eigenvalue weighted by molar-refractivity contribution is 6.32. The summed E-state index contributed by atoms with van der Waals surface area (Å²) in [6, 6.07) is 7.47. The quantitative estimate of drug-likeness (QED) is 0.724. The monoisotopic (exact) mass is 296 g/mol. The highest BCUT2D eigenvalue weighted by Gasteiger charge is 2.30. The number of carbonyl (C=O) groups is 1. The van der Waals surface area contributed by atoms with Gasteiger partial charge < -0.3 is 15.8 Å². The molecule has 2 rings (SSSR count). The minimum atomic E-state index is 0.0510. The van der Waals surface area contributed by atoms with E-state index in [1.54, 1.807) is 6.07 Å². The van der Waals surface area contributed by atoms with E-state index in [1.807, 2.05) is 18.2 Å². The van der Waals surface area contributed by atoms with Gasteiger partial charge in [-0.1, -0.05) is 23.7 Å². The van der Waals surface area contributed by atoms with Crippen LogP contribution in [0.3, 0.4) is 0 Å². The number of hydrogen-bond donors (Lipinski definition) is 2. The number of nitrogens with two attached hydrogens (primary N) is 1. The number of rotatable bonds is 8. The van der Waals surface area contributed by atoms with Gasteiger partial charge in [-0.3, -0.25) is 4.79 Å². The van der Waals surface area contributed by atoms with Crippen LogP contribution in [0.1, 0.15) is 25.7 Å². The van der Waals surface area contributed by atoms with E-state index in [4.69, 9.17) is 22.1 Å². The minimum Gasteiger partial charge on any atom is -0.492 e. The zero-order valence-electron chi connectivity index (χ0n) is 11.5. The molecular weight excluding hydrogens is 276 g/mol. The molecule has 0 heterocycles. The third-order valence-corrected chi connectivity index (χ3v) is 3.75. The molecule has 1 saturated carbocycles. The molecule has 1 amide bonds. The van der Waals surface area contributed by atoms with E-state index in [1.165, 1.54) is 12.8 Å². The van der Waals surface area contributed by atoms with Gasteiger partial charge in [0.1, 0.15) is 5.75 Å². The largest absolute Gasteiger partial charge is 0.492 e. The maximum atomic E-state index is 11.8. The number of halogens is 1. The van der Waals surface area contributed by atoms with E-state index in [-0.39, 0.29) is 11.9 Å². The summed E-state index contributed by atoms with van der Waals surface area (Å²) in [7, 11) is 0. The molecular formula is C15H21ClN2O2. The first-order valence-electron chi connectivity index (χ1n) is 7.07. The summed E-state index contributed by atoms with van der Waals surface area (Å²) in [5.41, 5.74) is 5.66. The molecule has 3 N–H and O–H groups in total. The van der Waals surface area contributed by atoms with Crippen LogP contribution < -0.4 is 15.8 Å². The van der Waals surface area contributed by atoms with Crippen LogP contribution in [-0.2, 0) is 4.79 Å². The Labute approximate surface area is 124 Å². The van der Waals surface area contributed by atoms with Crippen molar-refractivity contribution in [1.29, 1.82) is 0 Å². The molecule has 110 valence electrons. The maximum Gasteiger partial charge on any atom is 0.220 e. The van der Waals surface area contributed by atoms with Gasteiger partial charge in [0, 0.05) is 19.0 Å². The smallest absolute Gasteiger partial charge is 0.220 e. The molecule has 0 aliphatic heterocycles. The lowest BCUT2D eigenvalue weighted by molar-refractivity contribution is -0.122. The summed E-state index contributed by atoms with van der Waals surface area (Å²) in [5.74, 6) is 1.30. The van der Waals surface area contributed by atoms with Crippen LogP contribution in [0.25, 0.3) is 0 Å². The van der Waals surface area contributed by atoms with Crippen molar-refractivity contribution in [3.63, 3.8) is 0 Å². The molecule has 1 aromatic rings. The van der Waals surface area contributed by atoms with Crippen LogP contribution in [0.4, 0.5) is 0 Å². The van der Waals surface area contributed by atoms with Gasteiger partial charge in [-0.05, 0) is 37.3 Å². The second-order valence-electron chi connectivity index (χ2n) is 5.13. The van der Waals surface area contributed by atoms with Gasteiger partial charge in [0.15, 0.2) is 0 Å². The van der Waals surface area contributed by atoms with Gasteiger partial charge in [-0.25, -0.2) is 0 Å². The van der Waals surface area contributed by atoms with Crippen molar-refractivity contribution in [3.05, 3.63) is 29.3 Å². The van der Waals surface area contributed by atoms with Gasteiger partial charge >= 0.3 is 0 Å². The molecule has 5 heteroatoms. The first-order valence-corrected chi connectivity index (χ1v) is 7.45. The average molecular weight is 297 g/mol. The number of hydrogen-bond acceptors (Lipinski definition) is 3. The van der Waals surface area contributed by atoms with E-state index in [0.717, 1.165) is 0 Å². The molecule has 0 radical (unpaired) electrons. The number of carbonyl (C=O) groups excluding carboxylic acids is 1. The first-order chi connectivity index (χ1) is 9.70. The fraction of sp³-hybridized carbons (Fsp3) is 0.533. The molecule has 1 unspecified atom stereocenters. The lowest BCUT2D eigenvalue weighted by Crippen LogP contribution is -2.41. The molecule has 0 bridgehead atoms. The van der Waals surface area contributed by atoms with Gasteiger partial charge in [-0.15, -0.1) is 0 Å². The Hall–Kier alpha value is -1.26. The van der Waals surface area contributed by atoms with Crippen LogP contribution in [0.15, 0.2) is 24.3 Å². The fourth-order valence-corrected chi connectivity index (χ4v) is 2.31. The zero-order valence-corrected chi connectivity index (χ0v) is 12.2. The summed E-state index contributed by atoms with van der Waals surface area (Å²) in [6.45, 7) is 1.00. The van der Waals surface area contributed by atoms with Crippen molar-refractivity contribution in [1.82, 2.24) is 5.32 Å². The second kappa shape index (κ2) is 7.50.